The van der Waals surface area contributed by atoms with Gasteiger partial charge in [-0.25, -0.2) is 0 Å². The van der Waals surface area contributed by atoms with Crippen LogP contribution in [0.3, 0.4) is 0 Å². The lowest BCUT2D eigenvalue weighted by Crippen LogP contribution is -2.49. The van der Waals surface area contributed by atoms with E-state index in [0.717, 1.165) is 18.7 Å². The minimum Gasteiger partial charge on any atom is -0.488 e. The number of nitrogen functional groups attached to an aromatic ring is 1. The highest BCUT2D eigenvalue weighted by Gasteiger charge is 2.33. The zero-order valence-corrected chi connectivity index (χ0v) is 28.6. The molecule has 12 nitrogen and oxygen atoms in total. The average molecular weight is 673 g/mol. The van der Waals surface area contributed by atoms with Gasteiger partial charge in [-0.2, -0.15) is 0 Å². The Labute approximate surface area is 288 Å². The number of nitrogens with two attached hydrogens (primary N) is 1. The molecule has 5 rings (SSSR count). The first-order valence-electron chi connectivity index (χ1n) is 16.9. The fourth-order valence-corrected chi connectivity index (χ4v) is 6.08. The van der Waals surface area contributed by atoms with Crippen molar-refractivity contribution < 1.29 is 29.0 Å². The van der Waals surface area contributed by atoms with E-state index in [9.17, 15) is 19.5 Å². The number of ether oxygens (including phenoxy) is 2. The van der Waals surface area contributed by atoms with E-state index in [-0.39, 0.29) is 36.4 Å². The zero-order valence-electron chi connectivity index (χ0n) is 28.6. The Kier molecular flexibility index (Phi) is 12.2. The zero-order chi connectivity index (χ0) is 34.9. The smallest absolute Gasteiger partial charge is 0.258 e. The van der Waals surface area contributed by atoms with Crippen LogP contribution in [-0.4, -0.2) is 109 Å². The number of aliphatic hydroxyl groups excluding tert-OH is 1. The maximum atomic E-state index is 13.8. The van der Waals surface area contributed by atoms with E-state index in [2.05, 4.69) is 20.4 Å². The lowest BCUT2D eigenvalue weighted by molar-refractivity contribution is -0.116. The van der Waals surface area contributed by atoms with E-state index in [1.165, 1.54) is 0 Å². The van der Waals surface area contributed by atoms with E-state index in [1.54, 1.807) is 47.4 Å². The Balaban J connectivity index is 1.25. The summed E-state index contributed by atoms with van der Waals surface area (Å²) in [4.78, 5) is 45.4. The second-order valence-electron chi connectivity index (χ2n) is 13.0. The van der Waals surface area contributed by atoms with Gasteiger partial charge in [0.1, 0.15) is 11.9 Å². The first-order chi connectivity index (χ1) is 23.6. The molecule has 0 spiro atoms. The van der Waals surface area contributed by atoms with Gasteiger partial charge in [0.2, 0.25) is 5.91 Å². The number of hydrogen-bond donors (Lipinski definition) is 4. The number of carbonyl (C=O) groups is 3. The number of hydrogen-bond acceptors (Lipinski definition) is 9. The average Bonchev–Trinajstić information content (AvgIpc) is 3.10. The molecule has 0 bridgehead atoms. The van der Waals surface area contributed by atoms with Crippen molar-refractivity contribution in [1.29, 1.82) is 0 Å². The third kappa shape index (κ3) is 9.57. The number of rotatable bonds is 12. The van der Waals surface area contributed by atoms with Gasteiger partial charge in [-0.3, -0.25) is 24.2 Å². The Morgan fingerprint density at radius 2 is 1.80 bits per heavy atom. The van der Waals surface area contributed by atoms with E-state index >= 15 is 0 Å². The molecule has 1 saturated heterocycles. The van der Waals surface area contributed by atoms with Crippen molar-refractivity contribution >= 4 is 34.8 Å². The van der Waals surface area contributed by atoms with Gasteiger partial charge in [0.25, 0.3) is 11.8 Å². The Morgan fingerprint density at radius 3 is 2.51 bits per heavy atom. The molecule has 2 aliphatic rings. The number of nitrogens with zero attached hydrogens (tertiary/aromatic N) is 3. The fraction of sp³-hybridized carbons (Fsp3) is 0.432. The molecule has 3 amide bonds. The molecular formula is C37H48N6O6. The molecule has 3 aromatic rings. The van der Waals surface area contributed by atoms with E-state index < -0.39 is 6.04 Å². The summed E-state index contributed by atoms with van der Waals surface area (Å²) in [5, 5.41) is 15.8. The number of nitrogens with one attached hydrogen (secondary N) is 2. The second kappa shape index (κ2) is 16.8. The molecule has 49 heavy (non-hydrogen) atoms. The van der Waals surface area contributed by atoms with Crippen LogP contribution in [0.25, 0.3) is 0 Å². The molecule has 262 valence electrons. The number of aliphatic hydroxyl groups is 1. The van der Waals surface area contributed by atoms with Crippen molar-refractivity contribution in [2.75, 3.05) is 76.0 Å². The fourth-order valence-electron chi connectivity index (χ4n) is 6.08. The summed E-state index contributed by atoms with van der Waals surface area (Å²) in [6, 6.07) is 19.3. The first kappa shape index (κ1) is 35.8. The molecule has 0 radical (unpaired) electrons. The quantitative estimate of drug-likeness (QED) is 0.212. The highest BCUT2D eigenvalue weighted by Crippen LogP contribution is 2.31. The standard InChI is InChI=1S/C37H48N6O6/c1-25-21-43(26(2)24-44)37(47)30-20-29(39-35(45)14-15-42-16-18-48-19-17-42)12-13-33(30)49-34(25)23-41(3)22-27-8-10-28(11-9-27)36(46)40-32-7-5-4-6-31(32)38/h4-13,20,25-26,34,44H,14-19,21-24,38H2,1-3H3,(H,39,45)(H,40,46)/t25-,26+,34-/m0/s1. The lowest BCUT2D eigenvalue weighted by Gasteiger charge is -2.38. The van der Waals surface area contributed by atoms with Crippen LogP contribution in [0.15, 0.2) is 66.7 Å². The minimum atomic E-state index is -0.403. The number of carbonyl (C=O) groups excluding carboxylic acids is 3. The van der Waals surface area contributed by atoms with Gasteiger partial charge in [0, 0.05) is 62.9 Å². The first-order valence-corrected chi connectivity index (χ1v) is 16.9. The number of benzene rings is 3. The minimum absolute atomic E-state index is 0.0513. The summed E-state index contributed by atoms with van der Waals surface area (Å²) in [6.45, 7) is 8.86. The van der Waals surface area contributed by atoms with Crippen molar-refractivity contribution in [3.63, 3.8) is 0 Å². The number of likely N-dealkylation sites (N-methyl/N-ethyl adjacent to an activating group) is 1. The summed E-state index contributed by atoms with van der Waals surface area (Å²) in [5.74, 6) is -0.233. The molecule has 2 heterocycles. The van der Waals surface area contributed by atoms with Crippen molar-refractivity contribution in [1.82, 2.24) is 14.7 Å². The van der Waals surface area contributed by atoms with Crippen LogP contribution in [0.1, 0.15) is 46.5 Å². The van der Waals surface area contributed by atoms with Crippen LogP contribution < -0.4 is 21.1 Å². The van der Waals surface area contributed by atoms with Crippen LogP contribution in [-0.2, 0) is 16.1 Å². The lowest BCUT2D eigenvalue weighted by atomic mass is 9.99. The van der Waals surface area contributed by atoms with Crippen molar-refractivity contribution in [2.45, 2.75) is 39.0 Å². The predicted molar refractivity (Wildman–Crippen MR) is 190 cm³/mol. The molecular weight excluding hydrogens is 624 g/mol. The summed E-state index contributed by atoms with van der Waals surface area (Å²) in [7, 11) is 2.00. The van der Waals surface area contributed by atoms with Crippen molar-refractivity contribution in [2.24, 2.45) is 5.92 Å². The Bertz CT molecular complexity index is 1590. The summed E-state index contributed by atoms with van der Waals surface area (Å²) >= 11 is 0. The van der Waals surface area contributed by atoms with Gasteiger partial charge in [-0.1, -0.05) is 31.2 Å². The molecule has 0 saturated carbocycles. The van der Waals surface area contributed by atoms with E-state index in [0.29, 0.717) is 79.8 Å². The largest absolute Gasteiger partial charge is 0.488 e. The van der Waals surface area contributed by atoms with Crippen LogP contribution in [0.2, 0.25) is 0 Å². The van der Waals surface area contributed by atoms with Gasteiger partial charge in [-0.15, -0.1) is 0 Å². The van der Waals surface area contributed by atoms with Crippen LogP contribution in [0.5, 0.6) is 5.75 Å². The molecule has 12 heteroatoms. The highest BCUT2D eigenvalue weighted by molar-refractivity contribution is 6.05. The Hall–Kier alpha value is -4.49. The summed E-state index contributed by atoms with van der Waals surface area (Å²) < 4.78 is 11.9. The number of para-hydroxylation sites is 2. The number of anilines is 3. The molecule has 3 aromatic carbocycles. The topological polar surface area (TPSA) is 150 Å². The molecule has 5 N–H and O–H groups in total. The van der Waals surface area contributed by atoms with Crippen LogP contribution >= 0.6 is 0 Å². The number of morpholine rings is 1. The monoisotopic (exact) mass is 672 g/mol. The van der Waals surface area contributed by atoms with E-state index in [4.69, 9.17) is 15.2 Å². The molecule has 0 unspecified atom stereocenters. The van der Waals surface area contributed by atoms with Gasteiger partial charge in [0.15, 0.2) is 0 Å². The van der Waals surface area contributed by atoms with Gasteiger partial charge in [0.05, 0.1) is 42.8 Å². The normalized spacial score (nSPS) is 19.0. The van der Waals surface area contributed by atoms with Gasteiger partial charge >= 0.3 is 0 Å². The molecule has 2 aliphatic heterocycles. The maximum absolute atomic E-state index is 13.8. The number of amides is 3. The Morgan fingerprint density at radius 1 is 1.06 bits per heavy atom. The maximum Gasteiger partial charge on any atom is 0.258 e. The third-order valence-electron chi connectivity index (χ3n) is 9.08. The van der Waals surface area contributed by atoms with Crippen molar-refractivity contribution in [3.05, 3.63) is 83.4 Å². The molecule has 0 aliphatic carbocycles. The SMILES string of the molecule is C[C@H](CO)N1C[C@H](C)[C@H](CN(C)Cc2ccc(C(=O)Nc3ccccc3N)cc2)Oc2ccc(NC(=O)CCN3CCOCC3)cc2C1=O. The molecule has 3 atom stereocenters. The summed E-state index contributed by atoms with van der Waals surface area (Å²) in [6.07, 6.45) is 0.0560. The van der Waals surface area contributed by atoms with Gasteiger partial charge < -0.3 is 35.8 Å². The second-order valence-corrected chi connectivity index (χ2v) is 13.0. The predicted octanol–water partition coefficient (Wildman–Crippen LogP) is 3.53. The molecule has 0 aromatic heterocycles. The summed E-state index contributed by atoms with van der Waals surface area (Å²) in [5.41, 5.74) is 9.46. The van der Waals surface area contributed by atoms with Crippen LogP contribution in [0.4, 0.5) is 17.1 Å². The molecule has 1 fully saturated rings. The van der Waals surface area contributed by atoms with E-state index in [1.807, 2.05) is 45.2 Å². The van der Waals surface area contributed by atoms with Gasteiger partial charge in [-0.05, 0) is 62.0 Å². The third-order valence-corrected chi connectivity index (χ3v) is 9.08. The number of fused-ring (bicyclic) bond motifs is 1. The van der Waals surface area contributed by atoms with Crippen molar-refractivity contribution in [3.8, 4) is 5.75 Å². The van der Waals surface area contributed by atoms with Crippen LogP contribution in [0, 0.1) is 5.92 Å². The highest BCUT2D eigenvalue weighted by atomic mass is 16.5.